The van der Waals surface area contributed by atoms with Gasteiger partial charge in [-0.15, -0.1) is 0 Å². The van der Waals surface area contributed by atoms with Crippen molar-refractivity contribution in [2.24, 2.45) is 7.05 Å². The molecular weight excluding hydrogens is 468 g/mol. The smallest absolute Gasteiger partial charge is 0.340 e. The van der Waals surface area contributed by atoms with Gasteiger partial charge in [0.2, 0.25) is 5.78 Å². The summed E-state index contributed by atoms with van der Waals surface area (Å²) in [4.78, 5) is 38.9. The van der Waals surface area contributed by atoms with Crippen LogP contribution in [0.2, 0.25) is 5.02 Å². The zero-order valence-electron chi connectivity index (χ0n) is 19.8. The number of nitrogen functional groups attached to an aromatic ring is 1. The van der Waals surface area contributed by atoms with Gasteiger partial charge in [0.25, 0.3) is 5.56 Å². The Balaban J connectivity index is 1.65. The largest absolute Gasteiger partial charge is 0.454 e. The van der Waals surface area contributed by atoms with Crippen LogP contribution in [0, 0.1) is 20.8 Å². The molecule has 0 radical (unpaired) electrons. The summed E-state index contributed by atoms with van der Waals surface area (Å²) < 4.78 is 10.3. The number of hydrogen-bond donors (Lipinski definition) is 1. The Morgan fingerprint density at radius 1 is 0.971 bits per heavy atom. The molecule has 0 saturated carbocycles. The summed E-state index contributed by atoms with van der Waals surface area (Å²) in [5.41, 5.74) is 9.50. The number of benzene rings is 2. The van der Waals surface area contributed by atoms with E-state index in [1.807, 2.05) is 51.2 Å². The van der Waals surface area contributed by atoms with Crippen molar-refractivity contribution in [2.45, 2.75) is 20.8 Å². The van der Waals surface area contributed by atoms with E-state index in [0.29, 0.717) is 27.7 Å². The number of Topliss-reactive ketones (excluding diaryl/α,β-unsaturated/α-hetero) is 1. The summed E-state index contributed by atoms with van der Waals surface area (Å²) in [5.74, 6) is -1.13. The van der Waals surface area contributed by atoms with Crippen LogP contribution in [-0.4, -0.2) is 32.3 Å². The van der Waals surface area contributed by atoms with Crippen LogP contribution < -0.4 is 11.3 Å². The van der Waals surface area contributed by atoms with Crippen molar-refractivity contribution in [1.82, 2.24) is 13.9 Å². The molecule has 0 unspecified atom stereocenters. The molecule has 8 nitrogen and oxygen atoms in total. The van der Waals surface area contributed by atoms with Gasteiger partial charge in [-0.05, 0) is 57.2 Å². The summed E-state index contributed by atoms with van der Waals surface area (Å²) in [6, 6.07) is 15.5. The second kappa shape index (κ2) is 9.31. The Kier molecular flexibility index (Phi) is 6.41. The predicted octanol–water partition coefficient (Wildman–Crippen LogP) is 4.17. The molecule has 0 saturated heterocycles. The number of nitrogens with two attached hydrogens (primary N) is 1. The molecule has 9 heteroatoms. The normalized spacial score (nSPS) is 11.0. The van der Waals surface area contributed by atoms with Crippen molar-refractivity contribution in [3.05, 3.63) is 98.2 Å². The van der Waals surface area contributed by atoms with E-state index in [0.717, 1.165) is 11.4 Å². The number of hydrogen-bond acceptors (Lipinski definition) is 5. The Morgan fingerprint density at radius 3 is 2.34 bits per heavy atom. The fourth-order valence-corrected chi connectivity index (χ4v) is 4.36. The first-order chi connectivity index (χ1) is 16.6. The molecule has 180 valence electrons. The fourth-order valence-electron chi connectivity index (χ4n) is 4.19. The minimum atomic E-state index is -0.739. The van der Waals surface area contributed by atoms with E-state index in [1.165, 1.54) is 12.1 Å². The average molecular weight is 493 g/mol. The van der Waals surface area contributed by atoms with E-state index in [2.05, 4.69) is 0 Å². The van der Waals surface area contributed by atoms with Crippen LogP contribution in [0.1, 0.15) is 37.8 Å². The highest BCUT2D eigenvalue weighted by Crippen LogP contribution is 2.24. The van der Waals surface area contributed by atoms with Crippen LogP contribution in [0.4, 0.5) is 5.69 Å². The van der Waals surface area contributed by atoms with E-state index in [1.54, 1.807) is 33.0 Å². The third-order valence-corrected chi connectivity index (χ3v) is 6.28. The van der Waals surface area contributed by atoms with E-state index in [-0.39, 0.29) is 16.8 Å². The van der Waals surface area contributed by atoms with Crippen molar-refractivity contribution in [3.63, 3.8) is 0 Å². The fraction of sp³-hybridized carbons (Fsp3) is 0.192. The number of esters is 1. The van der Waals surface area contributed by atoms with Gasteiger partial charge in [-0.3, -0.25) is 14.3 Å². The second-order valence-corrected chi connectivity index (χ2v) is 8.70. The quantitative estimate of drug-likeness (QED) is 0.247. The molecule has 0 aliphatic rings. The van der Waals surface area contributed by atoms with E-state index < -0.39 is 18.4 Å². The molecule has 2 N–H and O–H groups in total. The zero-order valence-corrected chi connectivity index (χ0v) is 20.6. The molecule has 2 heterocycles. The van der Waals surface area contributed by atoms with Crippen LogP contribution in [0.3, 0.4) is 0 Å². The molecule has 0 fully saturated rings. The molecule has 0 spiro atoms. The SMILES string of the molecule is Cc1cc(C(=O)COC(=O)c2cc(Cl)ccc2N)c(C)n1-c1c(C)n(C)n(-c2ccccc2)c1=O. The number of rotatable bonds is 6. The Labute approximate surface area is 207 Å². The molecular formula is C26H25ClN4O4. The summed E-state index contributed by atoms with van der Waals surface area (Å²) in [6.07, 6.45) is 0. The number of halogens is 1. The highest BCUT2D eigenvalue weighted by Gasteiger charge is 2.24. The molecule has 0 aliphatic carbocycles. The lowest BCUT2D eigenvalue weighted by Crippen LogP contribution is -2.22. The van der Waals surface area contributed by atoms with Gasteiger partial charge in [-0.1, -0.05) is 29.8 Å². The summed E-state index contributed by atoms with van der Waals surface area (Å²) in [7, 11) is 1.81. The molecule has 2 aromatic heterocycles. The monoisotopic (exact) mass is 492 g/mol. The van der Waals surface area contributed by atoms with Gasteiger partial charge >= 0.3 is 5.97 Å². The van der Waals surface area contributed by atoms with Gasteiger partial charge in [-0.25, -0.2) is 9.48 Å². The van der Waals surface area contributed by atoms with Crippen molar-refractivity contribution in [1.29, 1.82) is 0 Å². The van der Waals surface area contributed by atoms with Crippen LogP contribution in [0.15, 0.2) is 59.4 Å². The summed E-state index contributed by atoms with van der Waals surface area (Å²) in [5, 5.41) is 0.334. The number of ketones is 1. The zero-order chi connectivity index (χ0) is 25.4. The van der Waals surface area contributed by atoms with Crippen LogP contribution in [0.5, 0.6) is 0 Å². The lowest BCUT2D eigenvalue weighted by molar-refractivity contribution is 0.0475. The first kappa shape index (κ1) is 24.1. The van der Waals surface area contributed by atoms with Gasteiger partial charge < -0.3 is 15.0 Å². The third kappa shape index (κ3) is 4.28. The molecule has 4 rings (SSSR count). The lowest BCUT2D eigenvalue weighted by Gasteiger charge is -2.09. The Bertz CT molecular complexity index is 1510. The Hall–Kier alpha value is -4.04. The van der Waals surface area contributed by atoms with Crippen molar-refractivity contribution in [2.75, 3.05) is 12.3 Å². The molecule has 4 aromatic rings. The highest BCUT2D eigenvalue weighted by molar-refractivity contribution is 6.31. The Morgan fingerprint density at radius 2 is 1.66 bits per heavy atom. The predicted molar refractivity (Wildman–Crippen MR) is 135 cm³/mol. The number of carbonyl (C=O) groups is 2. The number of aromatic nitrogens is 3. The number of para-hydroxylation sites is 1. The van der Waals surface area contributed by atoms with E-state index >= 15 is 0 Å². The lowest BCUT2D eigenvalue weighted by atomic mass is 10.1. The van der Waals surface area contributed by atoms with Gasteiger partial charge in [0.1, 0.15) is 5.69 Å². The highest BCUT2D eigenvalue weighted by atomic mass is 35.5. The average Bonchev–Trinajstić information content (AvgIpc) is 3.24. The van der Waals surface area contributed by atoms with Gasteiger partial charge in [0.05, 0.1) is 16.9 Å². The summed E-state index contributed by atoms with van der Waals surface area (Å²) in [6.45, 7) is 4.96. The van der Waals surface area contributed by atoms with Gasteiger partial charge in [0.15, 0.2) is 6.61 Å². The first-order valence-corrected chi connectivity index (χ1v) is 11.3. The van der Waals surface area contributed by atoms with Crippen molar-refractivity contribution in [3.8, 4) is 11.4 Å². The standard InChI is InChI=1S/C26H25ClN4O4/c1-15-12-20(23(32)14-35-26(34)21-13-18(27)10-11-22(21)28)16(2)30(15)24-17(3)29(4)31(25(24)33)19-8-6-5-7-9-19/h5-13H,14,28H2,1-4H3. The number of aryl methyl sites for hydroxylation is 1. The maximum absolute atomic E-state index is 13.5. The molecule has 0 amide bonds. The van der Waals surface area contributed by atoms with Gasteiger partial charge in [0, 0.05) is 34.7 Å². The molecule has 0 aliphatic heterocycles. The molecule has 0 bridgehead atoms. The van der Waals surface area contributed by atoms with E-state index in [4.69, 9.17) is 22.1 Å². The maximum atomic E-state index is 13.5. The topological polar surface area (TPSA) is 101 Å². The first-order valence-electron chi connectivity index (χ1n) is 10.9. The number of anilines is 1. The van der Waals surface area contributed by atoms with Crippen LogP contribution in [0.25, 0.3) is 11.4 Å². The maximum Gasteiger partial charge on any atom is 0.340 e. The summed E-state index contributed by atoms with van der Waals surface area (Å²) >= 11 is 5.93. The third-order valence-electron chi connectivity index (χ3n) is 6.05. The van der Waals surface area contributed by atoms with Crippen LogP contribution in [-0.2, 0) is 11.8 Å². The van der Waals surface area contributed by atoms with Crippen molar-refractivity contribution >= 4 is 29.0 Å². The number of nitrogens with zero attached hydrogens (tertiary/aromatic N) is 3. The molecule has 2 aromatic carbocycles. The minimum Gasteiger partial charge on any atom is -0.454 e. The minimum absolute atomic E-state index is 0.0946. The second-order valence-electron chi connectivity index (χ2n) is 8.26. The van der Waals surface area contributed by atoms with E-state index in [9.17, 15) is 14.4 Å². The van der Waals surface area contributed by atoms with Gasteiger partial charge in [-0.2, -0.15) is 0 Å². The van der Waals surface area contributed by atoms with Crippen molar-refractivity contribution < 1.29 is 14.3 Å². The molecule has 35 heavy (non-hydrogen) atoms. The molecule has 0 atom stereocenters. The number of ether oxygens (including phenoxy) is 1. The van der Waals surface area contributed by atoms with Crippen LogP contribution >= 0.6 is 11.6 Å². The number of carbonyl (C=O) groups excluding carboxylic acids is 2.